The lowest BCUT2D eigenvalue weighted by Gasteiger charge is -2.13. The van der Waals surface area contributed by atoms with Gasteiger partial charge in [-0.05, 0) is 47.1 Å². The van der Waals surface area contributed by atoms with Crippen LogP contribution in [0.3, 0.4) is 0 Å². The van der Waals surface area contributed by atoms with Gasteiger partial charge in [0.2, 0.25) is 0 Å². The van der Waals surface area contributed by atoms with Gasteiger partial charge in [-0.15, -0.1) is 0 Å². The van der Waals surface area contributed by atoms with Gasteiger partial charge in [0.25, 0.3) is 0 Å². The van der Waals surface area contributed by atoms with Crippen LogP contribution in [-0.2, 0) is 0 Å². The van der Waals surface area contributed by atoms with E-state index in [9.17, 15) is 0 Å². The zero-order valence-electron chi connectivity index (χ0n) is 12.2. The summed E-state index contributed by atoms with van der Waals surface area (Å²) in [5.41, 5.74) is 1.20. The van der Waals surface area contributed by atoms with E-state index in [4.69, 9.17) is 0 Å². The lowest BCUT2D eigenvalue weighted by Crippen LogP contribution is -1.94. The fourth-order valence-corrected chi connectivity index (χ4v) is 4.03. The number of rotatable bonds is 5. The maximum atomic E-state index is 4.22. The second-order valence-corrected chi connectivity index (χ2v) is 6.87. The Bertz CT molecular complexity index is 571. The Morgan fingerprint density at radius 2 is 1.90 bits per heavy atom. The molecule has 0 spiro atoms. The van der Waals surface area contributed by atoms with Gasteiger partial charge in [-0.25, -0.2) is 0 Å². The zero-order valence-corrected chi connectivity index (χ0v) is 13.1. The van der Waals surface area contributed by atoms with E-state index in [1.54, 1.807) is 0 Å². The molecule has 0 unspecified atom stereocenters. The highest BCUT2D eigenvalue weighted by molar-refractivity contribution is 8.03. The molecule has 0 radical (unpaired) electrons. The second kappa shape index (κ2) is 7.46. The topological polar surface area (TPSA) is 12.9 Å². The van der Waals surface area contributed by atoms with Crippen LogP contribution >= 0.6 is 11.8 Å². The minimum atomic E-state index is 0.865. The van der Waals surface area contributed by atoms with Crippen molar-refractivity contribution in [2.45, 2.75) is 37.0 Å². The molecule has 1 aliphatic rings. The SMILES string of the molecule is C(=C(CC1CCCC1)Sc1ccccc1)c1cccnc1. The van der Waals surface area contributed by atoms with Crippen molar-refractivity contribution in [1.29, 1.82) is 0 Å². The van der Waals surface area contributed by atoms with Crippen molar-refractivity contribution >= 4 is 17.8 Å². The van der Waals surface area contributed by atoms with Crippen LogP contribution in [0.25, 0.3) is 6.08 Å². The van der Waals surface area contributed by atoms with Crippen molar-refractivity contribution in [3.8, 4) is 0 Å². The number of allylic oxidation sites excluding steroid dienone is 1. The number of benzene rings is 1. The molecule has 0 N–H and O–H groups in total. The van der Waals surface area contributed by atoms with Gasteiger partial charge in [0, 0.05) is 17.3 Å². The Morgan fingerprint density at radius 3 is 2.62 bits per heavy atom. The second-order valence-electron chi connectivity index (χ2n) is 5.67. The largest absolute Gasteiger partial charge is 0.264 e. The maximum Gasteiger partial charge on any atom is 0.0340 e. The van der Waals surface area contributed by atoms with Crippen LogP contribution in [0.5, 0.6) is 0 Å². The number of hydrogen-bond donors (Lipinski definition) is 0. The van der Waals surface area contributed by atoms with Gasteiger partial charge in [0.1, 0.15) is 0 Å². The molecule has 108 valence electrons. The molecule has 1 aromatic carbocycles. The average molecular weight is 295 g/mol. The van der Waals surface area contributed by atoms with Crippen LogP contribution in [0.1, 0.15) is 37.7 Å². The van der Waals surface area contributed by atoms with E-state index in [2.05, 4.69) is 47.5 Å². The molecule has 0 bridgehead atoms. The predicted molar refractivity (Wildman–Crippen MR) is 91.1 cm³/mol. The monoisotopic (exact) mass is 295 g/mol. The highest BCUT2D eigenvalue weighted by Gasteiger charge is 2.17. The smallest absolute Gasteiger partial charge is 0.0340 e. The Kier molecular flexibility index (Phi) is 5.12. The van der Waals surface area contributed by atoms with E-state index >= 15 is 0 Å². The van der Waals surface area contributed by atoms with Gasteiger partial charge in [-0.1, -0.05) is 61.7 Å². The third kappa shape index (κ3) is 4.47. The normalized spacial score (nSPS) is 16.3. The van der Waals surface area contributed by atoms with Crippen molar-refractivity contribution in [3.05, 3.63) is 65.3 Å². The molecule has 0 amide bonds. The minimum Gasteiger partial charge on any atom is -0.264 e. The first-order valence-corrected chi connectivity index (χ1v) is 8.55. The summed E-state index contributed by atoms with van der Waals surface area (Å²) in [6.07, 6.45) is 12.9. The molecule has 1 fully saturated rings. The predicted octanol–water partition coefficient (Wildman–Crippen LogP) is 5.80. The molecular formula is C19H21NS. The van der Waals surface area contributed by atoms with Gasteiger partial charge >= 0.3 is 0 Å². The fraction of sp³-hybridized carbons (Fsp3) is 0.316. The Labute approximate surface area is 131 Å². The van der Waals surface area contributed by atoms with Gasteiger partial charge in [-0.2, -0.15) is 0 Å². The summed E-state index contributed by atoms with van der Waals surface area (Å²) in [5, 5.41) is 0. The van der Waals surface area contributed by atoms with Crippen LogP contribution in [0.15, 0.2) is 64.7 Å². The summed E-state index contributed by atoms with van der Waals surface area (Å²) in [4.78, 5) is 7.01. The molecule has 1 aliphatic carbocycles. The van der Waals surface area contributed by atoms with E-state index in [1.807, 2.05) is 30.2 Å². The highest BCUT2D eigenvalue weighted by atomic mass is 32.2. The van der Waals surface area contributed by atoms with E-state index in [0.717, 1.165) is 5.92 Å². The summed E-state index contributed by atoms with van der Waals surface area (Å²) >= 11 is 1.90. The van der Waals surface area contributed by atoms with Gasteiger partial charge in [0.15, 0.2) is 0 Å². The summed E-state index contributed by atoms with van der Waals surface area (Å²) in [6.45, 7) is 0. The maximum absolute atomic E-state index is 4.22. The summed E-state index contributed by atoms with van der Waals surface area (Å²) in [7, 11) is 0. The van der Waals surface area contributed by atoms with Crippen LogP contribution in [0.4, 0.5) is 0 Å². The van der Waals surface area contributed by atoms with Gasteiger partial charge < -0.3 is 0 Å². The van der Waals surface area contributed by atoms with Crippen molar-refractivity contribution in [2.75, 3.05) is 0 Å². The molecule has 1 nitrogen and oxygen atoms in total. The first-order chi connectivity index (χ1) is 10.4. The molecule has 0 aliphatic heterocycles. The standard InChI is InChI=1S/C19H21NS/c1-2-10-18(11-3-1)21-19(13-16-7-4-5-8-16)14-17-9-6-12-20-15-17/h1-3,6,9-12,14-16H,4-5,7-8,13H2. The molecule has 1 saturated carbocycles. The molecule has 2 heteroatoms. The summed E-state index contributed by atoms with van der Waals surface area (Å²) < 4.78 is 0. The first-order valence-electron chi connectivity index (χ1n) is 7.73. The molecule has 1 heterocycles. The highest BCUT2D eigenvalue weighted by Crippen LogP contribution is 2.37. The van der Waals surface area contributed by atoms with Crippen LogP contribution in [0, 0.1) is 5.92 Å². The van der Waals surface area contributed by atoms with Crippen molar-refractivity contribution in [1.82, 2.24) is 4.98 Å². The lowest BCUT2D eigenvalue weighted by molar-refractivity contribution is 0.555. The Hall–Kier alpha value is -1.54. The van der Waals surface area contributed by atoms with Crippen LogP contribution in [-0.4, -0.2) is 4.98 Å². The van der Waals surface area contributed by atoms with Crippen LogP contribution < -0.4 is 0 Å². The number of hydrogen-bond acceptors (Lipinski definition) is 2. The lowest BCUT2D eigenvalue weighted by atomic mass is 10.0. The third-order valence-electron chi connectivity index (χ3n) is 3.97. The van der Waals surface area contributed by atoms with E-state index < -0.39 is 0 Å². The van der Waals surface area contributed by atoms with Crippen molar-refractivity contribution in [3.63, 3.8) is 0 Å². The molecule has 3 rings (SSSR count). The number of pyridine rings is 1. The van der Waals surface area contributed by atoms with Crippen molar-refractivity contribution in [2.24, 2.45) is 5.92 Å². The minimum absolute atomic E-state index is 0.865. The number of thioether (sulfide) groups is 1. The first kappa shape index (κ1) is 14.4. The molecular weight excluding hydrogens is 274 g/mol. The fourth-order valence-electron chi connectivity index (χ4n) is 2.92. The van der Waals surface area contributed by atoms with E-state index in [-0.39, 0.29) is 0 Å². The summed E-state index contributed by atoms with van der Waals surface area (Å²) in [5.74, 6) is 0.865. The zero-order chi connectivity index (χ0) is 14.3. The third-order valence-corrected chi connectivity index (χ3v) is 5.02. The Morgan fingerprint density at radius 1 is 1.10 bits per heavy atom. The number of nitrogens with zero attached hydrogens (tertiary/aromatic N) is 1. The average Bonchev–Trinajstić information content (AvgIpc) is 3.02. The van der Waals surface area contributed by atoms with Gasteiger partial charge in [0.05, 0.1) is 0 Å². The molecule has 0 saturated heterocycles. The quantitative estimate of drug-likeness (QED) is 0.647. The van der Waals surface area contributed by atoms with Gasteiger partial charge in [-0.3, -0.25) is 4.98 Å². The summed E-state index contributed by atoms with van der Waals surface area (Å²) in [6, 6.07) is 14.8. The van der Waals surface area contributed by atoms with Crippen molar-refractivity contribution < 1.29 is 0 Å². The molecule has 0 atom stereocenters. The Balaban J connectivity index is 1.78. The number of aromatic nitrogens is 1. The molecule has 1 aromatic heterocycles. The van der Waals surface area contributed by atoms with E-state index in [0.29, 0.717) is 0 Å². The van der Waals surface area contributed by atoms with Crippen LogP contribution in [0.2, 0.25) is 0 Å². The molecule has 21 heavy (non-hydrogen) atoms. The van der Waals surface area contributed by atoms with E-state index in [1.165, 1.54) is 47.5 Å². The molecule has 2 aromatic rings.